The van der Waals surface area contributed by atoms with Crippen LogP contribution in [-0.4, -0.2) is 62.3 Å². The fourth-order valence-corrected chi connectivity index (χ4v) is 4.57. The van der Waals surface area contributed by atoms with E-state index in [9.17, 15) is 4.39 Å². The van der Waals surface area contributed by atoms with Crippen molar-refractivity contribution in [3.8, 4) is 0 Å². The van der Waals surface area contributed by atoms with Crippen LogP contribution in [0, 0.1) is 5.82 Å². The summed E-state index contributed by atoms with van der Waals surface area (Å²) < 4.78 is 18.8. The number of piperazine rings is 1. The third kappa shape index (κ3) is 6.80. The summed E-state index contributed by atoms with van der Waals surface area (Å²) in [4.78, 5) is 9.24. The van der Waals surface area contributed by atoms with Gasteiger partial charge in [0, 0.05) is 56.7 Å². The van der Waals surface area contributed by atoms with Gasteiger partial charge in [-0.25, -0.2) is 4.39 Å². The molecule has 1 atom stereocenters. The highest BCUT2D eigenvalue weighted by molar-refractivity contribution is 14.0. The third-order valence-electron chi connectivity index (χ3n) is 6.61. The van der Waals surface area contributed by atoms with Crippen molar-refractivity contribution in [2.24, 2.45) is 10.7 Å². The molecule has 0 amide bonds. The number of hydrogen-bond donors (Lipinski definition) is 2. The normalized spacial score (nSPS) is 19.6. The molecule has 1 unspecified atom stereocenters. The van der Waals surface area contributed by atoms with Crippen LogP contribution in [0.15, 0.2) is 59.6 Å². The second-order valence-corrected chi connectivity index (χ2v) is 8.79. The lowest BCUT2D eigenvalue weighted by Crippen LogP contribution is -2.54. The number of nitrogens with one attached hydrogen (secondary N) is 1. The zero-order chi connectivity index (χ0) is 22.4. The highest BCUT2D eigenvalue weighted by atomic mass is 127. The Bertz CT molecular complexity index is 881. The van der Waals surface area contributed by atoms with Gasteiger partial charge in [0.15, 0.2) is 5.96 Å². The molecule has 0 bridgehead atoms. The standard InChI is InChI=1S/C25H34FN5O.HI/c1-20(21-5-3-2-4-6-21)29-25(11-17-32-18-12-25)19-28-24(27)31-15-13-30(14-16-31)23-9-7-22(26)8-10-23;/h2-10,20,29H,11-19H2,1H3,(H2,27,28);1H. The molecule has 2 aromatic rings. The maximum atomic E-state index is 13.2. The lowest BCUT2D eigenvalue weighted by atomic mass is 9.88. The molecule has 8 heteroatoms. The molecule has 2 aliphatic heterocycles. The van der Waals surface area contributed by atoms with Gasteiger partial charge in [-0.1, -0.05) is 30.3 Å². The van der Waals surface area contributed by atoms with Crippen LogP contribution >= 0.6 is 24.0 Å². The summed E-state index contributed by atoms with van der Waals surface area (Å²) in [6.07, 6.45) is 1.83. The number of ether oxygens (including phenoxy) is 1. The van der Waals surface area contributed by atoms with Crippen LogP contribution in [0.25, 0.3) is 0 Å². The minimum absolute atomic E-state index is 0. The Labute approximate surface area is 213 Å². The SMILES string of the molecule is CC(NC1(CN=C(N)N2CCN(c3ccc(F)cc3)CC2)CCOCC1)c1ccccc1.I. The van der Waals surface area contributed by atoms with Crippen molar-refractivity contribution in [1.29, 1.82) is 0 Å². The molecule has 0 aliphatic carbocycles. The summed E-state index contributed by atoms with van der Waals surface area (Å²) in [6.45, 7) is 7.59. The van der Waals surface area contributed by atoms with Crippen LogP contribution in [0.3, 0.4) is 0 Å². The molecule has 2 aromatic carbocycles. The largest absolute Gasteiger partial charge is 0.381 e. The molecule has 2 aliphatic rings. The second-order valence-electron chi connectivity index (χ2n) is 8.79. The van der Waals surface area contributed by atoms with Crippen LogP contribution in [0.1, 0.15) is 31.4 Å². The highest BCUT2D eigenvalue weighted by Crippen LogP contribution is 2.26. The average molecular weight is 567 g/mol. The summed E-state index contributed by atoms with van der Waals surface area (Å²) in [7, 11) is 0. The van der Waals surface area contributed by atoms with Gasteiger partial charge in [0.25, 0.3) is 0 Å². The first kappa shape index (κ1) is 25.7. The summed E-state index contributed by atoms with van der Waals surface area (Å²) in [5.74, 6) is 0.393. The minimum atomic E-state index is -0.207. The molecule has 4 rings (SSSR count). The fraction of sp³-hybridized carbons (Fsp3) is 0.480. The molecule has 0 spiro atoms. The van der Waals surface area contributed by atoms with Crippen molar-refractivity contribution in [3.63, 3.8) is 0 Å². The van der Waals surface area contributed by atoms with Gasteiger partial charge in [-0.15, -0.1) is 24.0 Å². The van der Waals surface area contributed by atoms with E-state index in [-0.39, 0.29) is 41.4 Å². The molecule has 0 radical (unpaired) electrons. The van der Waals surface area contributed by atoms with Crippen molar-refractivity contribution in [2.75, 3.05) is 50.8 Å². The third-order valence-corrected chi connectivity index (χ3v) is 6.61. The van der Waals surface area contributed by atoms with Gasteiger partial charge in [-0.2, -0.15) is 0 Å². The Balaban J connectivity index is 0.00000306. The highest BCUT2D eigenvalue weighted by Gasteiger charge is 2.34. The van der Waals surface area contributed by atoms with E-state index in [0.717, 1.165) is 57.9 Å². The number of anilines is 1. The number of hydrogen-bond acceptors (Lipinski definition) is 4. The van der Waals surface area contributed by atoms with Crippen LogP contribution in [-0.2, 0) is 4.74 Å². The predicted octanol–water partition coefficient (Wildman–Crippen LogP) is 3.78. The van der Waals surface area contributed by atoms with Crippen molar-refractivity contribution in [3.05, 3.63) is 66.0 Å². The molecule has 3 N–H and O–H groups in total. The van der Waals surface area contributed by atoms with Gasteiger partial charge in [0.2, 0.25) is 0 Å². The van der Waals surface area contributed by atoms with E-state index in [4.69, 9.17) is 15.5 Å². The Morgan fingerprint density at radius 2 is 1.70 bits per heavy atom. The number of guanidine groups is 1. The lowest BCUT2D eigenvalue weighted by molar-refractivity contribution is 0.0374. The van der Waals surface area contributed by atoms with Gasteiger partial charge < -0.3 is 25.6 Å². The molecule has 180 valence electrons. The average Bonchev–Trinajstić information content (AvgIpc) is 2.84. The van der Waals surface area contributed by atoms with Gasteiger partial charge in [0.1, 0.15) is 5.82 Å². The van der Waals surface area contributed by atoms with E-state index in [1.165, 1.54) is 17.7 Å². The number of halogens is 2. The maximum absolute atomic E-state index is 13.2. The van der Waals surface area contributed by atoms with Gasteiger partial charge in [-0.3, -0.25) is 4.99 Å². The molecular weight excluding hydrogens is 532 g/mol. The van der Waals surface area contributed by atoms with Crippen LogP contribution < -0.4 is 16.0 Å². The summed E-state index contributed by atoms with van der Waals surface area (Å²) in [6, 6.07) is 17.4. The first-order chi connectivity index (χ1) is 15.5. The van der Waals surface area contributed by atoms with Crippen LogP contribution in [0.4, 0.5) is 10.1 Å². The van der Waals surface area contributed by atoms with E-state index in [1.54, 1.807) is 0 Å². The second kappa shape index (κ2) is 12.0. The van der Waals surface area contributed by atoms with E-state index in [0.29, 0.717) is 12.5 Å². The van der Waals surface area contributed by atoms with Gasteiger partial charge in [0.05, 0.1) is 6.54 Å². The molecule has 0 saturated carbocycles. The Morgan fingerprint density at radius 1 is 1.06 bits per heavy atom. The number of rotatable bonds is 6. The smallest absolute Gasteiger partial charge is 0.191 e. The first-order valence-electron chi connectivity index (χ1n) is 11.5. The molecule has 33 heavy (non-hydrogen) atoms. The molecule has 2 heterocycles. The van der Waals surface area contributed by atoms with Crippen molar-refractivity contribution in [1.82, 2.24) is 10.2 Å². The molecule has 2 saturated heterocycles. The molecule has 0 aromatic heterocycles. The lowest BCUT2D eigenvalue weighted by Gasteiger charge is -2.40. The molecular formula is C25H35FIN5O. The topological polar surface area (TPSA) is 66.1 Å². The maximum Gasteiger partial charge on any atom is 0.191 e. The fourth-order valence-electron chi connectivity index (χ4n) is 4.57. The molecule has 6 nitrogen and oxygen atoms in total. The zero-order valence-corrected chi connectivity index (χ0v) is 21.6. The minimum Gasteiger partial charge on any atom is -0.381 e. The van der Waals surface area contributed by atoms with Crippen molar-refractivity contribution >= 4 is 35.6 Å². The van der Waals surface area contributed by atoms with E-state index >= 15 is 0 Å². The number of benzene rings is 2. The quantitative estimate of drug-likeness (QED) is 0.316. The van der Waals surface area contributed by atoms with Crippen LogP contribution in [0.2, 0.25) is 0 Å². The van der Waals surface area contributed by atoms with E-state index in [1.807, 2.05) is 18.2 Å². The van der Waals surface area contributed by atoms with Gasteiger partial charge >= 0.3 is 0 Å². The van der Waals surface area contributed by atoms with E-state index < -0.39 is 0 Å². The Morgan fingerprint density at radius 3 is 2.33 bits per heavy atom. The van der Waals surface area contributed by atoms with Crippen LogP contribution in [0.5, 0.6) is 0 Å². The zero-order valence-electron chi connectivity index (χ0n) is 19.3. The number of nitrogens with zero attached hydrogens (tertiary/aromatic N) is 3. The summed E-state index contributed by atoms with van der Waals surface area (Å²) in [5, 5.41) is 3.84. The van der Waals surface area contributed by atoms with Crippen molar-refractivity contribution < 1.29 is 9.13 Å². The summed E-state index contributed by atoms with van der Waals surface area (Å²) in [5.41, 5.74) is 8.62. The van der Waals surface area contributed by atoms with Gasteiger partial charge in [-0.05, 0) is 49.6 Å². The monoisotopic (exact) mass is 567 g/mol. The predicted molar refractivity (Wildman–Crippen MR) is 143 cm³/mol. The number of aliphatic imine (C=N–C) groups is 1. The molecule has 2 fully saturated rings. The Kier molecular flexibility index (Phi) is 9.34. The van der Waals surface area contributed by atoms with Crippen molar-refractivity contribution in [2.45, 2.75) is 31.3 Å². The Hall–Kier alpha value is -1.91. The number of nitrogens with two attached hydrogens (primary N) is 1. The van der Waals surface area contributed by atoms with E-state index in [2.05, 4.69) is 46.3 Å². The summed E-state index contributed by atoms with van der Waals surface area (Å²) >= 11 is 0. The first-order valence-corrected chi connectivity index (χ1v) is 11.5.